The Morgan fingerprint density at radius 2 is 1.16 bits per heavy atom. The highest BCUT2D eigenvalue weighted by atomic mass is 32.1. The Morgan fingerprint density at radius 1 is 0.674 bits per heavy atom. The van der Waals surface area contributed by atoms with Crippen LogP contribution in [0.5, 0.6) is 0 Å². The number of hydrogen-bond acceptors (Lipinski definition) is 9. The fraction of sp³-hybridized carbons (Fsp3) is 0.147. The van der Waals surface area contributed by atoms with E-state index in [-0.39, 0.29) is 0 Å². The first-order valence-electron chi connectivity index (χ1n) is 13.9. The number of aryl methyl sites for hydroxylation is 1. The van der Waals surface area contributed by atoms with Crippen LogP contribution < -0.4 is 39.7 Å². The number of anilines is 7. The van der Waals surface area contributed by atoms with Crippen molar-refractivity contribution in [2.75, 3.05) is 39.7 Å². The molecule has 6 aromatic rings. The summed E-state index contributed by atoms with van der Waals surface area (Å²) in [5, 5.41) is 10.4. The number of rotatable bonds is 3. The molecular weight excluding hydrogens is 552 g/mol. The average molecular weight is 595 g/mol. The molecule has 0 aliphatic rings. The van der Waals surface area contributed by atoms with Crippen LogP contribution in [0.25, 0.3) is 21.5 Å². The average Bonchev–Trinajstić information content (AvgIpc) is 3.50. The van der Waals surface area contributed by atoms with Gasteiger partial charge in [-0.25, -0.2) is 4.98 Å². The Balaban J connectivity index is 0.000000166. The highest BCUT2D eigenvalue weighted by Gasteiger charge is 2.05. The third-order valence-electron chi connectivity index (χ3n) is 6.71. The Hall–Kier alpha value is -5.15. The van der Waals surface area contributed by atoms with Gasteiger partial charge in [0.15, 0.2) is 5.13 Å². The van der Waals surface area contributed by atoms with E-state index in [1.54, 1.807) is 12.3 Å². The summed E-state index contributed by atoms with van der Waals surface area (Å²) in [6.07, 6.45) is 2.79. The normalized spacial score (nSPS) is 10.8. The smallest absolute Gasteiger partial charge is 0.179 e. The van der Waals surface area contributed by atoms with Gasteiger partial charge in [-0.15, -0.1) is 11.3 Å². The molecule has 0 amide bonds. The fourth-order valence-corrected chi connectivity index (χ4v) is 4.48. The Kier molecular flexibility index (Phi) is 11.8. The third-order valence-corrected chi connectivity index (χ3v) is 7.31. The second-order valence-electron chi connectivity index (χ2n) is 9.98. The summed E-state index contributed by atoms with van der Waals surface area (Å²) in [7, 11) is 0. The van der Waals surface area contributed by atoms with E-state index in [2.05, 4.69) is 42.3 Å². The lowest BCUT2D eigenvalue weighted by atomic mass is 10.1. The fourth-order valence-electron chi connectivity index (χ4n) is 4.09. The summed E-state index contributed by atoms with van der Waals surface area (Å²) in [6.45, 7) is 6.30. The van der Waals surface area contributed by atoms with Crippen molar-refractivity contribution in [3.05, 3.63) is 108 Å². The minimum Gasteiger partial charge on any atom is -0.399 e. The van der Waals surface area contributed by atoms with Gasteiger partial charge in [-0.05, 0) is 68.3 Å². The number of thiazole rings is 1. The van der Waals surface area contributed by atoms with E-state index in [9.17, 15) is 0 Å². The Morgan fingerprint density at radius 3 is 1.58 bits per heavy atom. The summed E-state index contributed by atoms with van der Waals surface area (Å²) in [5.41, 5.74) is 39.8. The van der Waals surface area contributed by atoms with E-state index >= 15 is 0 Å². The van der Waals surface area contributed by atoms with E-state index in [1.807, 2.05) is 79.0 Å². The molecule has 0 saturated carbocycles. The zero-order chi connectivity index (χ0) is 31.4. The zero-order valence-electron chi connectivity index (χ0n) is 24.9. The predicted molar refractivity (Wildman–Crippen MR) is 191 cm³/mol. The molecule has 224 valence electrons. The lowest BCUT2D eigenvalue weighted by molar-refractivity contribution is 0.765. The van der Waals surface area contributed by atoms with Crippen LogP contribution in [-0.4, -0.2) is 11.0 Å². The SMILES string of the molecule is CCC(C)Nc1ccc(N)c2ccccc12.Cc1cc(N)ccc1N.Nc1ccc(N)c2ccccc12.Nc1nccs1. The Bertz CT molecular complexity index is 1690. The summed E-state index contributed by atoms with van der Waals surface area (Å²) < 4.78 is 0. The Labute approximate surface area is 257 Å². The molecule has 0 saturated heterocycles. The quantitative estimate of drug-likeness (QED) is 0.103. The zero-order valence-corrected chi connectivity index (χ0v) is 25.7. The monoisotopic (exact) mass is 594 g/mol. The highest BCUT2D eigenvalue weighted by Crippen LogP contribution is 2.29. The van der Waals surface area contributed by atoms with E-state index in [0.717, 1.165) is 56.6 Å². The number of nitrogens with one attached hydrogen (secondary N) is 1. The van der Waals surface area contributed by atoms with Gasteiger partial charge in [0, 0.05) is 73.3 Å². The number of nitrogens with two attached hydrogens (primary N) is 6. The number of hydrogen-bond donors (Lipinski definition) is 7. The minimum absolute atomic E-state index is 0.479. The first kappa shape index (κ1) is 32.4. The first-order valence-corrected chi connectivity index (χ1v) is 14.8. The van der Waals surface area contributed by atoms with Gasteiger partial charge < -0.3 is 39.7 Å². The molecule has 0 bridgehead atoms. The van der Waals surface area contributed by atoms with Crippen molar-refractivity contribution in [1.82, 2.24) is 4.98 Å². The molecule has 13 N–H and O–H groups in total. The van der Waals surface area contributed by atoms with E-state index in [0.29, 0.717) is 11.2 Å². The van der Waals surface area contributed by atoms with Gasteiger partial charge in [0.25, 0.3) is 0 Å². The maximum Gasteiger partial charge on any atom is 0.179 e. The largest absolute Gasteiger partial charge is 0.399 e. The molecule has 0 aliphatic carbocycles. The van der Waals surface area contributed by atoms with Crippen molar-refractivity contribution >= 4 is 72.1 Å². The molecule has 1 unspecified atom stereocenters. The van der Waals surface area contributed by atoms with Crippen LogP contribution in [0.2, 0.25) is 0 Å². The molecule has 8 nitrogen and oxygen atoms in total. The second kappa shape index (κ2) is 15.7. The topological polar surface area (TPSA) is 181 Å². The van der Waals surface area contributed by atoms with Gasteiger partial charge in [-0.2, -0.15) is 0 Å². The minimum atomic E-state index is 0.479. The van der Waals surface area contributed by atoms with Crippen LogP contribution in [0.3, 0.4) is 0 Å². The second-order valence-corrected chi connectivity index (χ2v) is 10.9. The molecule has 9 heteroatoms. The highest BCUT2D eigenvalue weighted by molar-refractivity contribution is 7.13. The molecule has 43 heavy (non-hydrogen) atoms. The number of benzene rings is 5. The lowest BCUT2D eigenvalue weighted by Gasteiger charge is -2.16. The molecule has 5 aromatic carbocycles. The maximum atomic E-state index is 5.96. The summed E-state index contributed by atoms with van der Waals surface area (Å²) in [6, 6.07) is 29.7. The van der Waals surface area contributed by atoms with Gasteiger partial charge >= 0.3 is 0 Å². The maximum absolute atomic E-state index is 5.96. The van der Waals surface area contributed by atoms with Crippen LogP contribution >= 0.6 is 11.3 Å². The number of nitrogens with zero attached hydrogens (tertiary/aromatic N) is 1. The third kappa shape index (κ3) is 9.44. The van der Waals surface area contributed by atoms with Crippen LogP contribution in [0.4, 0.5) is 39.3 Å². The molecule has 1 heterocycles. The van der Waals surface area contributed by atoms with Crippen molar-refractivity contribution in [2.24, 2.45) is 0 Å². The van der Waals surface area contributed by atoms with Gasteiger partial charge in [0.05, 0.1) is 0 Å². The van der Waals surface area contributed by atoms with Crippen molar-refractivity contribution in [3.8, 4) is 0 Å². The summed E-state index contributed by atoms with van der Waals surface area (Å²) in [4.78, 5) is 3.71. The van der Waals surface area contributed by atoms with E-state index in [1.165, 1.54) is 22.4 Å². The number of nitrogen functional groups attached to an aromatic ring is 6. The van der Waals surface area contributed by atoms with Crippen LogP contribution in [0.1, 0.15) is 25.8 Å². The predicted octanol–water partition coefficient (Wildman–Crippen LogP) is 7.52. The molecule has 6 rings (SSSR count). The first-order chi connectivity index (χ1) is 20.6. The standard InChI is InChI=1S/C14H18N2.C10H10N2.C7H10N2.C3H4N2S/c1-3-10(2)16-14-9-8-13(15)11-6-4-5-7-12(11)14;11-9-5-6-10(12)8-4-2-1-3-7(8)9;1-5-4-6(8)2-3-7(5)9;4-3-5-1-2-6-3/h4-10,16H,3,15H2,1-2H3;1-6H,11-12H2;2-4H,8-9H2,1H3;1-2H,(H2,4,5). The van der Waals surface area contributed by atoms with Crippen LogP contribution in [0.15, 0.2) is 103 Å². The molecule has 0 aliphatic heterocycles. The van der Waals surface area contributed by atoms with Crippen molar-refractivity contribution in [1.29, 1.82) is 0 Å². The van der Waals surface area contributed by atoms with Crippen molar-refractivity contribution in [3.63, 3.8) is 0 Å². The molecule has 1 aromatic heterocycles. The molecule has 0 fully saturated rings. The van der Waals surface area contributed by atoms with E-state index in [4.69, 9.17) is 34.4 Å². The number of fused-ring (bicyclic) bond motifs is 2. The molecular formula is C34H42N8S. The van der Waals surface area contributed by atoms with Crippen LogP contribution in [-0.2, 0) is 0 Å². The summed E-state index contributed by atoms with van der Waals surface area (Å²) in [5.74, 6) is 0. The van der Waals surface area contributed by atoms with Gasteiger partial charge in [0.1, 0.15) is 0 Å². The molecule has 0 spiro atoms. The van der Waals surface area contributed by atoms with E-state index < -0.39 is 0 Å². The number of aromatic nitrogens is 1. The van der Waals surface area contributed by atoms with Gasteiger partial charge in [-0.1, -0.05) is 55.5 Å². The van der Waals surface area contributed by atoms with Gasteiger partial charge in [-0.3, -0.25) is 0 Å². The van der Waals surface area contributed by atoms with Gasteiger partial charge in [0.2, 0.25) is 0 Å². The molecule has 1 atom stereocenters. The lowest BCUT2D eigenvalue weighted by Crippen LogP contribution is -2.13. The summed E-state index contributed by atoms with van der Waals surface area (Å²) >= 11 is 1.44. The molecule has 0 radical (unpaired) electrons. The van der Waals surface area contributed by atoms with Crippen LogP contribution in [0, 0.1) is 6.92 Å². The van der Waals surface area contributed by atoms with Crippen molar-refractivity contribution < 1.29 is 0 Å². The van der Waals surface area contributed by atoms with Crippen molar-refractivity contribution in [2.45, 2.75) is 33.2 Å².